The number of para-hydroxylation sites is 1. The molecule has 1 heterocycles. The molecule has 0 saturated carbocycles. The van der Waals surface area contributed by atoms with E-state index in [1.165, 1.54) is 6.92 Å². The predicted molar refractivity (Wildman–Crippen MR) is 96.8 cm³/mol. The lowest BCUT2D eigenvalue weighted by Crippen LogP contribution is -2.43. The molecular formula is C21H21NO3. The molecule has 0 aliphatic carbocycles. The molecule has 0 spiro atoms. The van der Waals surface area contributed by atoms with Crippen LogP contribution >= 0.6 is 0 Å². The number of fused-ring (bicyclic) bond motifs is 1. The van der Waals surface area contributed by atoms with E-state index in [9.17, 15) is 14.4 Å². The number of benzene rings is 2. The molecule has 1 aliphatic heterocycles. The molecule has 1 aliphatic rings. The van der Waals surface area contributed by atoms with E-state index in [2.05, 4.69) is 0 Å². The number of hydrogen-bond donors (Lipinski definition) is 0. The Bertz CT molecular complexity index is 813. The van der Waals surface area contributed by atoms with Crippen molar-refractivity contribution >= 4 is 23.2 Å². The summed E-state index contributed by atoms with van der Waals surface area (Å²) in [4.78, 5) is 39.2. The van der Waals surface area contributed by atoms with Gasteiger partial charge < -0.3 is 4.90 Å². The van der Waals surface area contributed by atoms with Gasteiger partial charge in [-0.3, -0.25) is 14.4 Å². The molecule has 0 saturated heterocycles. The summed E-state index contributed by atoms with van der Waals surface area (Å²) in [7, 11) is 0. The van der Waals surface area contributed by atoms with Gasteiger partial charge in [0.05, 0.1) is 5.69 Å². The predicted octanol–water partition coefficient (Wildman–Crippen LogP) is 3.76. The van der Waals surface area contributed by atoms with Gasteiger partial charge in [0.15, 0.2) is 5.78 Å². The zero-order chi connectivity index (χ0) is 18.0. The molecular weight excluding hydrogens is 314 g/mol. The van der Waals surface area contributed by atoms with E-state index in [1.54, 1.807) is 23.1 Å². The van der Waals surface area contributed by atoms with Gasteiger partial charge in [0, 0.05) is 31.2 Å². The molecule has 2 aromatic carbocycles. The van der Waals surface area contributed by atoms with Crippen LogP contribution in [-0.4, -0.2) is 23.5 Å². The summed E-state index contributed by atoms with van der Waals surface area (Å²) in [6.07, 6.45) is 0.659. The van der Waals surface area contributed by atoms with Crippen LogP contribution in [-0.2, 0) is 9.59 Å². The SMILES string of the molecule is CCC(=O)CC(c1ccccc1)C1C(=O)c2ccccc2N1C(C)=O. The van der Waals surface area contributed by atoms with E-state index in [0.717, 1.165) is 5.56 Å². The lowest BCUT2D eigenvalue weighted by Gasteiger charge is -2.30. The first-order valence-electron chi connectivity index (χ1n) is 8.54. The first-order chi connectivity index (χ1) is 12.0. The van der Waals surface area contributed by atoms with E-state index in [4.69, 9.17) is 0 Å². The number of carbonyl (C=O) groups excluding carboxylic acids is 3. The van der Waals surface area contributed by atoms with E-state index in [1.807, 2.05) is 43.3 Å². The number of hydrogen-bond acceptors (Lipinski definition) is 3. The van der Waals surface area contributed by atoms with Crippen molar-refractivity contribution in [2.45, 2.75) is 38.6 Å². The molecule has 0 fully saturated rings. The normalized spacial score (nSPS) is 17.3. The van der Waals surface area contributed by atoms with Gasteiger partial charge in [-0.25, -0.2) is 0 Å². The zero-order valence-corrected chi connectivity index (χ0v) is 14.4. The Morgan fingerprint density at radius 1 is 1.04 bits per heavy atom. The highest BCUT2D eigenvalue weighted by molar-refractivity contribution is 6.18. The van der Waals surface area contributed by atoms with Crippen LogP contribution in [0.1, 0.15) is 48.5 Å². The fourth-order valence-electron chi connectivity index (χ4n) is 3.55. The largest absolute Gasteiger partial charge is 0.300 e. The average molecular weight is 335 g/mol. The Labute approximate surface area is 147 Å². The molecule has 0 aromatic heterocycles. The molecule has 0 N–H and O–H groups in total. The monoisotopic (exact) mass is 335 g/mol. The van der Waals surface area contributed by atoms with Crippen LogP contribution in [0, 0.1) is 0 Å². The second-order valence-corrected chi connectivity index (χ2v) is 6.33. The van der Waals surface area contributed by atoms with Crippen molar-refractivity contribution in [3.8, 4) is 0 Å². The molecule has 2 unspecified atom stereocenters. The van der Waals surface area contributed by atoms with Crippen molar-refractivity contribution in [1.29, 1.82) is 0 Å². The highest BCUT2D eigenvalue weighted by Crippen LogP contribution is 2.40. The standard InChI is InChI=1S/C21H21NO3/c1-3-16(24)13-18(15-9-5-4-6-10-15)20-21(25)17-11-7-8-12-19(17)22(20)14(2)23/h4-12,18,20H,3,13H2,1-2H3. The topological polar surface area (TPSA) is 54.5 Å². The van der Waals surface area contributed by atoms with Crippen LogP contribution in [0.5, 0.6) is 0 Å². The fraction of sp³-hybridized carbons (Fsp3) is 0.286. The van der Waals surface area contributed by atoms with Crippen LogP contribution in [0.25, 0.3) is 0 Å². The van der Waals surface area contributed by atoms with Crippen molar-refractivity contribution in [1.82, 2.24) is 0 Å². The maximum atomic E-state index is 13.1. The van der Waals surface area contributed by atoms with Gasteiger partial charge in [-0.15, -0.1) is 0 Å². The molecule has 2 atom stereocenters. The van der Waals surface area contributed by atoms with Crippen LogP contribution in [0.4, 0.5) is 5.69 Å². The van der Waals surface area contributed by atoms with Gasteiger partial charge in [0.2, 0.25) is 5.91 Å². The van der Waals surface area contributed by atoms with Crippen LogP contribution in [0.3, 0.4) is 0 Å². The van der Waals surface area contributed by atoms with E-state index in [-0.39, 0.29) is 29.8 Å². The summed E-state index contributed by atoms with van der Waals surface area (Å²) in [6, 6.07) is 16.0. The van der Waals surface area contributed by atoms with Crippen molar-refractivity contribution in [2.75, 3.05) is 4.90 Å². The minimum atomic E-state index is -0.673. The summed E-state index contributed by atoms with van der Waals surface area (Å²) in [6.45, 7) is 3.28. The second-order valence-electron chi connectivity index (χ2n) is 6.33. The first-order valence-corrected chi connectivity index (χ1v) is 8.54. The van der Waals surface area contributed by atoms with E-state index >= 15 is 0 Å². The Morgan fingerprint density at radius 2 is 1.68 bits per heavy atom. The highest BCUT2D eigenvalue weighted by atomic mass is 16.2. The van der Waals surface area contributed by atoms with Gasteiger partial charge in [0.1, 0.15) is 11.8 Å². The molecule has 4 heteroatoms. The summed E-state index contributed by atoms with van der Waals surface area (Å²) >= 11 is 0. The minimum Gasteiger partial charge on any atom is -0.300 e. The number of rotatable bonds is 5. The van der Waals surface area contributed by atoms with Gasteiger partial charge in [0.25, 0.3) is 0 Å². The van der Waals surface area contributed by atoms with Crippen LogP contribution < -0.4 is 4.90 Å². The molecule has 4 nitrogen and oxygen atoms in total. The third-order valence-corrected chi connectivity index (χ3v) is 4.77. The smallest absolute Gasteiger partial charge is 0.224 e. The summed E-state index contributed by atoms with van der Waals surface area (Å²) in [5.41, 5.74) is 2.09. The maximum absolute atomic E-state index is 13.1. The number of carbonyl (C=O) groups is 3. The molecule has 3 rings (SSSR count). The second kappa shape index (κ2) is 7.01. The molecule has 1 amide bonds. The zero-order valence-electron chi connectivity index (χ0n) is 14.4. The minimum absolute atomic E-state index is 0.0844. The highest BCUT2D eigenvalue weighted by Gasteiger charge is 2.44. The lowest BCUT2D eigenvalue weighted by molar-refractivity contribution is -0.120. The Morgan fingerprint density at radius 3 is 2.32 bits per heavy atom. The third-order valence-electron chi connectivity index (χ3n) is 4.77. The van der Waals surface area contributed by atoms with Crippen LogP contribution in [0.15, 0.2) is 54.6 Å². The van der Waals surface area contributed by atoms with Crippen molar-refractivity contribution in [3.05, 3.63) is 65.7 Å². The fourth-order valence-corrected chi connectivity index (χ4v) is 3.55. The number of nitrogens with zero attached hydrogens (tertiary/aromatic N) is 1. The molecule has 25 heavy (non-hydrogen) atoms. The average Bonchev–Trinajstić information content (AvgIpc) is 2.93. The summed E-state index contributed by atoms with van der Waals surface area (Å²) in [5, 5.41) is 0. The van der Waals surface area contributed by atoms with Crippen molar-refractivity contribution < 1.29 is 14.4 Å². The van der Waals surface area contributed by atoms with Gasteiger partial charge >= 0.3 is 0 Å². The Balaban J connectivity index is 2.10. The first kappa shape index (κ1) is 17.1. The van der Waals surface area contributed by atoms with Gasteiger partial charge in [-0.2, -0.15) is 0 Å². The van der Waals surface area contributed by atoms with Gasteiger partial charge in [-0.1, -0.05) is 49.4 Å². The molecule has 0 bridgehead atoms. The molecule has 0 radical (unpaired) electrons. The maximum Gasteiger partial charge on any atom is 0.224 e. The van der Waals surface area contributed by atoms with E-state index in [0.29, 0.717) is 17.7 Å². The van der Waals surface area contributed by atoms with E-state index < -0.39 is 6.04 Å². The lowest BCUT2D eigenvalue weighted by atomic mass is 9.84. The molecule has 2 aromatic rings. The Kier molecular flexibility index (Phi) is 4.79. The van der Waals surface area contributed by atoms with Gasteiger partial charge in [-0.05, 0) is 17.7 Å². The summed E-state index contributed by atoms with van der Waals surface area (Å²) in [5.74, 6) is -0.546. The number of ketones is 2. The quantitative estimate of drug-likeness (QED) is 0.836. The number of Topliss-reactive ketones (excluding diaryl/α,β-unsaturated/α-hetero) is 2. The number of anilines is 1. The number of amides is 1. The van der Waals surface area contributed by atoms with Crippen molar-refractivity contribution in [2.24, 2.45) is 0 Å². The Hall–Kier alpha value is -2.75. The van der Waals surface area contributed by atoms with Crippen molar-refractivity contribution in [3.63, 3.8) is 0 Å². The third kappa shape index (κ3) is 3.12. The molecule has 128 valence electrons. The van der Waals surface area contributed by atoms with Crippen LogP contribution in [0.2, 0.25) is 0 Å². The summed E-state index contributed by atoms with van der Waals surface area (Å²) < 4.78 is 0.